The monoisotopic (exact) mass is 211 g/mol. The number of hydrogen-bond donors (Lipinski definition) is 1. The van der Waals surface area contributed by atoms with Crippen LogP contribution in [-0.2, 0) is 0 Å². The van der Waals surface area contributed by atoms with Crippen LogP contribution in [0.15, 0.2) is 0 Å². The van der Waals surface area contributed by atoms with Crippen molar-refractivity contribution < 1.29 is 0 Å². The molecule has 0 aromatic heterocycles. The first-order valence-corrected chi connectivity index (χ1v) is 3.97. The molecule has 9 heavy (non-hydrogen) atoms. The predicted octanol–water partition coefficient (Wildman–Crippen LogP) is 1.56. The molecular weight excluding hydrogens is 201 g/mol. The lowest BCUT2D eigenvalue weighted by atomic mass is 9.72. The summed E-state index contributed by atoms with van der Waals surface area (Å²) >= 11 is 3.70. The first kappa shape index (κ1) is 7.83. The Balaban J connectivity index is 0.000000405. The van der Waals surface area contributed by atoms with Crippen molar-refractivity contribution in [2.24, 2.45) is 5.92 Å². The van der Waals surface area contributed by atoms with Gasteiger partial charge in [0.2, 0.25) is 0 Å². The molecule has 1 aliphatic carbocycles. The van der Waals surface area contributed by atoms with Gasteiger partial charge >= 0.3 is 0 Å². The van der Waals surface area contributed by atoms with Crippen LogP contribution in [0.3, 0.4) is 0 Å². The SMILES string of the molecule is BrC12CNCC(C1)C2.Cl. The van der Waals surface area contributed by atoms with Crippen LogP contribution in [0.5, 0.6) is 0 Å². The summed E-state index contributed by atoms with van der Waals surface area (Å²) in [6.07, 6.45) is 2.81. The van der Waals surface area contributed by atoms with Gasteiger partial charge in [0.1, 0.15) is 0 Å². The van der Waals surface area contributed by atoms with Gasteiger partial charge in [-0.2, -0.15) is 0 Å². The second-order valence-electron chi connectivity index (χ2n) is 3.06. The largest absolute Gasteiger partial charge is 0.315 e. The van der Waals surface area contributed by atoms with Crippen molar-refractivity contribution in [3.8, 4) is 0 Å². The Labute approximate surface area is 70.1 Å². The molecule has 0 radical (unpaired) electrons. The Morgan fingerprint density at radius 2 is 2.11 bits per heavy atom. The maximum atomic E-state index is 3.70. The van der Waals surface area contributed by atoms with Crippen LogP contribution in [0.25, 0.3) is 0 Å². The van der Waals surface area contributed by atoms with E-state index in [1.54, 1.807) is 0 Å². The van der Waals surface area contributed by atoms with Gasteiger partial charge in [-0.15, -0.1) is 12.4 Å². The zero-order valence-electron chi connectivity index (χ0n) is 5.19. The van der Waals surface area contributed by atoms with E-state index in [4.69, 9.17) is 0 Å². The first-order chi connectivity index (χ1) is 3.79. The van der Waals surface area contributed by atoms with E-state index in [2.05, 4.69) is 21.2 Å². The Morgan fingerprint density at radius 3 is 2.33 bits per heavy atom. The normalized spacial score (nSPS) is 47.0. The van der Waals surface area contributed by atoms with Crippen LogP contribution in [0.4, 0.5) is 0 Å². The van der Waals surface area contributed by atoms with E-state index in [0.29, 0.717) is 4.32 Å². The van der Waals surface area contributed by atoms with Crippen LogP contribution in [-0.4, -0.2) is 17.4 Å². The Kier molecular flexibility index (Phi) is 2.09. The van der Waals surface area contributed by atoms with Gasteiger partial charge in [-0.3, -0.25) is 0 Å². The molecule has 0 spiro atoms. The number of alkyl halides is 1. The minimum atomic E-state index is 0. The van der Waals surface area contributed by atoms with Crippen molar-refractivity contribution in [2.45, 2.75) is 17.2 Å². The van der Waals surface area contributed by atoms with E-state index >= 15 is 0 Å². The van der Waals surface area contributed by atoms with Gasteiger partial charge in [0.05, 0.1) is 0 Å². The molecule has 54 valence electrons. The van der Waals surface area contributed by atoms with E-state index in [0.717, 1.165) is 5.92 Å². The second-order valence-corrected chi connectivity index (χ2v) is 4.74. The summed E-state index contributed by atoms with van der Waals surface area (Å²) in [6.45, 7) is 2.44. The quantitative estimate of drug-likeness (QED) is 0.601. The molecule has 0 amide bonds. The van der Waals surface area contributed by atoms with E-state index < -0.39 is 0 Å². The third-order valence-electron chi connectivity index (χ3n) is 2.18. The molecule has 2 heterocycles. The fraction of sp³-hybridized carbons (Fsp3) is 1.00. The van der Waals surface area contributed by atoms with Crippen molar-refractivity contribution in [2.75, 3.05) is 13.1 Å². The van der Waals surface area contributed by atoms with E-state index in [1.165, 1.54) is 25.9 Å². The van der Waals surface area contributed by atoms with Crippen LogP contribution < -0.4 is 5.32 Å². The standard InChI is InChI=1S/C6H10BrN.ClH/c7-6-1-5(2-6)3-8-4-6;/h5,8H,1-4H2;1H. The number of piperidine rings is 2. The Morgan fingerprint density at radius 1 is 1.44 bits per heavy atom. The van der Waals surface area contributed by atoms with E-state index in [1.807, 2.05) is 0 Å². The number of hydrogen-bond acceptors (Lipinski definition) is 1. The molecule has 3 rings (SSSR count). The molecule has 0 aromatic carbocycles. The molecule has 0 aromatic rings. The summed E-state index contributed by atoms with van der Waals surface area (Å²) in [5, 5.41) is 3.38. The molecule has 0 unspecified atom stereocenters. The van der Waals surface area contributed by atoms with Gasteiger partial charge in [0, 0.05) is 10.9 Å². The number of fused-ring (bicyclic) bond motifs is 2. The van der Waals surface area contributed by atoms with Crippen LogP contribution in [0.2, 0.25) is 0 Å². The highest BCUT2D eigenvalue weighted by molar-refractivity contribution is 9.10. The number of rotatable bonds is 0. The smallest absolute Gasteiger partial charge is 0.0388 e. The van der Waals surface area contributed by atoms with E-state index in [-0.39, 0.29) is 12.4 Å². The molecular formula is C6H11BrClN. The van der Waals surface area contributed by atoms with Crippen molar-refractivity contribution in [1.29, 1.82) is 0 Å². The van der Waals surface area contributed by atoms with Crippen LogP contribution >= 0.6 is 28.3 Å². The third kappa shape index (κ3) is 1.26. The molecule has 1 saturated carbocycles. The Hall–Kier alpha value is 0.730. The number of nitrogens with one attached hydrogen (secondary N) is 1. The minimum Gasteiger partial charge on any atom is -0.315 e. The topological polar surface area (TPSA) is 12.0 Å². The van der Waals surface area contributed by atoms with Crippen molar-refractivity contribution >= 4 is 28.3 Å². The maximum Gasteiger partial charge on any atom is 0.0388 e. The van der Waals surface area contributed by atoms with Gasteiger partial charge in [-0.25, -0.2) is 0 Å². The first-order valence-electron chi connectivity index (χ1n) is 3.18. The van der Waals surface area contributed by atoms with Crippen LogP contribution in [0.1, 0.15) is 12.8 Å². The molecule has 2 bridgehead atoms. The molecule has 2 aliphatic heterocycles. The third-order valence-corrected chi connectivity index (χ3v) is 3.11. The average molecular weight is 213 g/mol. The molecule has 3 heteroatoms. The summed E-state index contributed by atoms with van der Waals surface area (Å²) in [5.41, 5.74) is 0. The number of halogens is 2. The fourth-order valence-electron chi connectivity index (χ4n) is 1.76. The molecule has 2 saturated heterocycles. The van der Waals surface area contributed by atoms with Gasteiger partial charge in [0.25, 0.3) is 0 Å². The van der Waals surface area contributed by atoms with Crippen molar-refractivity contribution in [3.05, 3.63) is 0 Å². The lowest BCUT2D eigenvalue weighted by Gasteiger charge is -2.48. The van der Waals surface area contributed by atoms with Crippen LogP contribution in [0, 0.1) is 5.92 Å². The van der Waals surface area contributed by atoms with Gasteiger partial charge in [-0.05, 0) is 25.3 Å². The Bertz CT molecular complexity index is 106. The lowest BCUT2D eigenvalue weighted by molar-refractivity contribution is 0.174. The molecule has 3 aliphatic rings. The average Bonchev–Trinajstić information content (AvgIpc) is 1.63. The summed E-state index contributed by atoms with van der Waals surface area (Å²) in [4.78, 5) is 0. The summed E-state index contributed by atoms with van der Waals surface area (Å²) < 4.78 is 0.524. The fourth-order valence-corrected chi connectivity index (χ4v) is 2.88. The highest BCUT2D eigenvalue weighted by Gasteiger charge is 2.44. The van der Waals surface area contributed by atoms with Gasteiger partial charge < -0.3 is 5.32 Å². The minimum absolute atomic E-state index is 0. The molecule has 1 N–H and O–H groups in total. The van der Waals surface area contributed by atoms with Crippen molar-refractivity contribution in [1.82, 2.24) is 5.32 Å². The van der Waals surface area contributed by atoms with E-state index in [9.17, 15) is 0 Å². The zero-order valence-corrected chi connectivity index (χ0v) is 7.59. The highest BCUT2D eigenvalue weighted by atomic mass is 79.9. The van der Waals surface area contributed by atoms with Crippen molar-refractivity contribution in [3.63, 3.8) is 0 Å². The predicted molar refractivity (Wildman–Crippen MR) is 44.5 cm³/mol. The maximum absolute atomic E-state index is 3.70. The second kappa shape index (κ2) is 2.40. The van der Waals surface area contributed by atoms with Gasteiger partial charge in [-0.1, -0.05) is 15.9 Å². The molecule has 0 atom stereocenters. The zero-order chi connectivity index (χ0) is 5.61. The molecule has 3 fully saturated rings. The van der Waals surface area contributed by atoms with Gasteiger partial charge in [0.15, 0.2) is 0 Å². The highest BCUT2D eigenvalue weighted by Crippen LogP contribution is 2.46. The summed E-state index contributed by atoms with van der Waals surface area (Å²) in [6, 6.07) is 0. The molecule has 1 nitrogen and oxygen atoms in total. The summed E-state index contributed by atoms with van der Waals surface area (Å²) in [5.74, 6) is 0.989. The lowest BCUT2D eigenvalue weighted by Crippen LogP contribution is -2.55. The summed E-state index contributed by atoms with van der Waals surface area (Å²) in [7, 11) is 0.